The Morgan fingerprint density at radius 1 is 1.05 bits per heavy atom. The zero-order chi connectivity index (χ0) is 14.4. The van der Waals surface area contributed by atoms with Crippen LogP contribution in [-0.4, -0.2) is 12.1 Å². The van der Waals surface area contributed by atoms with Gasteiger partial charge in [0.25, 0.3) is 5.82 Å². The molecule has 0 radical (unpaired) electrons. The first-order valence-corrected chi connectivity index (χ1v) is 7.13. The average Bonchev–Trinajstić information content (AvgIpc) is 3.05. The average molecular weight is 277 g/mol. The van der Waals surface area contributed by atoms with Gasteiger partial charge in [-0.05, 0) is 30.3 Å². The third-order valence-corrected chi connectivity index (χ3v) is 4.26. The fraction of sp³-hybridized carbons (Fsp3) is 0.167. The number of rotatable bonds is 2. The van der Waals surface area contributed by atoms with Crippen molar-refractivity contribution in [1.29, 1.82) is 0 Å². The number of benzene rings is 2. The molecule has 3 aromatic rings. The molecule has 0 amide bonds. The van der Waals surface area contributed by atoms with Crippen LogP contribution in [-0.2, 0) is 6.54 Å². The number of hydrogen-bond acceptors (Lipinski definition) is 1. The monoisotopic (exact) mass is 277 g/mol. The molecule has 1 N–H and O–H groups in total. The molecule has 0 fully saturated rings. The van der Waals surface area contributed by atoms with E-state index in [1.807, 2.05) is 12.1 Å². The van der Waals surface area contributed by atoms with Gasteiger partial charge in [0.05, 0.1) is 12.7 Å². The van der Waals surface area contributed by atoms with Crippen molar-refractivity contribution in [2.45, 2.75) is 13.5 Å². The number of methoxy groups -OCH3 is 1. The van der Waals surface area contributed by atoms with Crippen molar-refractivity contribution >= 4 is 0 Å². The van der Waals surface area contributed by atoms with Gasteiger partial charge in [0.2, 0.25) is 0 Å². The molecule has 1 aromatic heterocycles. The molecule has 3 nitrogen and oxygen atoms in total. The van der Waals surface area contributed by atoms with Crippen LogP contribution in [0.3, 0.4) is 0 Å². The number of ether oxygens (including phenoxy) is 1. The van der Waals surface area contributed by atoms with Crippen LogP contribution in [0.2, 0.25) is 0 Å². The number of nitrogens with one attached hydrogen (secondary N) is 1. The van der Waals surface area contributed by atoms with Crippen LogP contribution < -0.4 is 9.30 Å². The summed E-state index contributed by atoms with van der Waals surface area (Å²) in [6.07, 6.45) is 0. The molecule has 0 bridgehead atoms. The second kappa shape index (κ2) is 4.48. The third-order valence-electron chi connectivity index (χ3n) is 4.26. The van der Waals surface area contributed by atoms with Crippen molar-refractivity contribution < 1.29 is 9.30 Å². The quantitative estimate of drug-likeness (QED) is 0.559. The van der Waals surface area contributed by atoms with Gasteiger partial charge in [0, 0.05) is 18.1 Å². The summed E-state index contributed by atoms with van der Waals surface area (Å²) in [5.41, 5.74) is 6.33. The summed E-state index contributed by atoms with van der Waals surface area (Å²) in [5, 5.41) is 0. The van der Waals surface area contributed by atoms with Crippen LogP contribution in [0, 0.1) is 6.92 Å². The summed E-state index contributed by atoms with van der Waals surface area (Å²) in [5.74, 6) is 2.09. The molecule has 2 aromatic carbocycles. The highest BCUT2D eigenvalue weighted by Gasteiger charge is 2.31. The molecule has 2 heterocycles. The first-order valence-electron chi connectivity index (χ1n) is 7.13. The summed E-state index contributed by atoms with van der Waals surface area (Å²) >= 11 is 0. The van der Waals surface area contributed by atoms with Crippen molar-refractivity contribution in [3.63, 3.8) is 0 Å². The van der Waals surface area contributed by atoms with E-state index in [9.17, 15) is 0 Å². The predicted octanol–water partition coefficient (Wildman–Crippen LogP) is 3.31. The number of nitrogens with zero attached hydrogens (tertiary/aromatic N) is 1. The molecule has 4 rings (SSSR count). The van der Waals surface area contributed by atoms with Crippen LogP contribution >= 0.6 is 0 Å². The van der Waals surface area contributed by atoms with E-state index in [4.69, 9.17) is 4.74 Å². The molecule has 0 saturated heterocycles. The molecule has 104 valence electrons. The zero-order valence-corrected chi connectivity index (χ0v) is 12.2. The minimum Gasteiger partial charge on any atom is -0.497 e. The Bertz CT molecular complexity index is 816. The number of imidazole rings is 1. The molecule has 0 unspecified atom stereocenters. The number of hydrogen-bond donors (Lipinski definition) is 1. The predicted molar refractivity (Wildman–Crippen MR) is 82.3 cm³/mol. The highest BCUT2D eigenvalue weighted by molar-refractivity contribution is 5.68. The van der Waals surface area contributed by atoms with Crippen molar-refractivity contribution in [2.75, 3.05) is 7.11 Å². The van der Waals surface area contributed by atoms with Gasteiger partial charge in [0.1, 0.15) is 18.0 Å². The lowest BCUT2D eigenvalue weighted by atomic mass is 10.1. The molecule has 21 heavy (non-hydrogen) atoms. The minimum atomic E-state index is 0.883. The maximum absolute atomic E-state index is 5.23. The summed E-state index contributed by atoms with van der Waals surface area (Å²) < 4.78 is 7.58. The van der Waals surface area contributed by atoms with E-state index in [0.717, 1.165) is 12.3 Å². The summed E-state index contributed by atoms with van der Waals surface area (Å²) in [6.45, 7) is 3.12. The second-order valence-corrected chi connectivity index (χ2v) is 5.41. The lowest BCUT2D eigenvalue weighted by molar-refractivity contribution is -0.676. The van der Waals surface area contributed by atoms with E-state index in [2.05, 4.69) is 52.9 Å². The molecule has 0 atom stereocenters. The molecule has 0 saturated carbocycles. The summed E-state index contributed by atoms with van der Waals surface area (Å²) in [6, 6.07) is 16.8. The normalized spacial score (nSPS) is 12.1. The van der Waals surface area contributed by atoms with Gasteiger partial charge < -0.3 is 4.74 Å². The van der Waals surface area contributed by atoms with E-state index in [1.54, 1.807) is 7.11 Å². The zero-order valence-electron chi connectivity index (χ0n) is 12.2. The molecule has 0 spiro atoms. The highest BCUT2D eigenvalue weighted by Crippen LogP contribution is 2.31. The SMILES string of the molecule is COc1ccc(-c2[nH]c3[n+](c2C)Cc2ccccc2-3)cc1. The van der Waals surface area contributed by atoms with Crippen LogP contribution in [0.25, 0.3) is 22.6 Å². The molecule has 1 aliphatic rings. The van der Waals surface area contributed by atoms with Crippen LogP contribution in [0.4, 0.5) is 0 Å². The Morgan fingerprint density at radius 3 is 2.57 bits per heavy atom. The molecule has 0 aliphatic carbocycles. The van der Waals surface area contributed by atoms with E-state index >= 15 is 0 Å². The van der Waals surface area contributed by atoms with Crippen LogP contribution in [0.1, 0.15) is 11.3 Å². The minimum absolute atomic E-state index is 0.883. The van der Waals surface area contributed by atoms with Crippen molar-refractivity contribution in [3.8, 4) is 28.4 Å². The number of H-pyrrole nitrogens is 1. The lowest BCUT2D eigenvalue weighted by Crippen LogP contribution is -2.33. The van der Waals surface area contributed by atoms with E-state index in [-0.39, 0.29) is 0 Å². The Kier molecular flexibility index (Phi) is 2.61. The van der Waals surface area contributed by atoms with Gasteiger partial charge in [-0.25, -0.2) is 9.55 Å². The Labute approximate surface area is 123 Å². The van der Waals surface area contributed by atoms with Crippen molar-refractivity contribution in [3.05, 3.63) is 59.8 Å². The Morgan fingerprint density at radius 2 is 1.81 bits per heavy atom. The second-order valence-electron chi connectivity index (χ2n) is 5.41. The molecule has 1 aliphatic heterocycles. The third kappa shape index (κ3) is 1.77. The standard InChI is InChI=1S/C18H16N2O/c1-12-17(13-7-9-15(21-2)10-8-13)19-18-16-6-4-3-5-14(16)11-20(12)18/h3-10H,11H2,1-2H3/p+1. The Hall–Kier alpha value is -2.55. The van der Waals surface area contributed by atoms with Crippen LogP contribution in [0.5, 0.6) is 5.75 Å². The van der Waals surface area contributed by atoms with Crippen LogP contribution in [0.15, 0.2) is 48.5 Å². The van der Waals surface area contributed by atoms with Gasteiger partial charge in [-0.15, -0.1) is 0 Å². The van der Waals surface area contributed by atoms with Gasteiger partial charge in [-0.2, -0.15) is 0 Å². The van der Waals surface area contributed by atoms with E-state index < -0.39 is 0 Å². The fourth-order valence-corrected chi connectivity index (χ4v) is 3.09. The van der Waals surface area contributed by atoms with E-state index in [0.29, 0.717) is 0 Å². The number of aromatic amines is 1. The number of fused-ring (bicyclic) bond motifs is 3. The molecular formula is C18H17N2O+. The maximum atomic E-state index is 5.23. The lowest BCUT2D eigenvalue weighted by Gasteiger charge is -2.01. The largest absolute Gasteiger partial charge is 0.497 e. The highest BCUT2D eigenvalue weighted by atomic mass is 16.5. The maximum Gasteiger partial charge on any atom is 0.288 e. The smallest absolute Gasteiger partial charge is 0.288 e. The topological polar surface area (TPSA) is 28.9 Å². The summed E-state index contributed by atoms with van der Waals surface area (Å²) in [4.78, 5) is 3.59. The van der Waals surface area contributed by atoms with Gasteiger partial charge >= 0.3 is 0 Å². The molecular weight excluding hydrogens is 260 g/mol. The van der Waals surface area contributed by atoms with Gasteiger partial charge in [0.15, 0.2) is 5.69 Å². The van der Waals surface area contributed by atoms with Crippen molar-refractivity contribution in [1.82, 2.24) is 4.98 Å². The first kappa shape index (κ1) is 12.2. The van der Waals surface area contributed by atoms with Gasteiger partial charge in [-0.1, -0.05) is 18.2 Å². The van der Waals surface area contributed by atoms with Gasteiger partial charge in [-0.3, -0.25) is 0 Å². The van der Waals surface area contributed by atoms with E-state index in [1.165, 1.54) is 33.9 Å². The van der Waals surface area contributed by atoms with Crippen molar-refractivity contribution in [2.24, 2.45) is 0 Å². The fourth-order valence-electron chi connectivity index (χ4n) is 3.09. The first-order chi connectivity index (χ1) is 10.3. The summed E-state index contributed by atoms with van der Waals surface area (Å²) in [7, 11) is 1.69. The number of aromatic nitrogens is 2. The molecule has 3 heteroatoms. The Balaban J connectivity index is 1.83.